The number of halogens is 1. The van der Waals surface area contributed by atoms with Crippen LogP contribution in [-0.4, -0.2) is 38.1 Å². The summed E-state index contributed by atoms with van der Waals surface area (Å²) in [5.74, 6) is 1.16. The maximum absolute atomic E-state index is 12.5. The van der Waals surface area contributed by atoms with Crippen LogP contribution in [0.3, 0.4) is 0 Å². The van der Waals surface area contributed by atoms with E-state index in [0.29, 0.717) is 24.4 Å². The lowest BCUT2D eigenvalue weighted by molar-refractivity contribution is -0.119. The van der Waals surface area contributed by atoms with E-state index < -0.39 is 9.84 Å². The van der Waals surface area contributed by atoms with Crippen LogP contribution < -0.4 is 4.90 Å². The summed E-state index contributed by atoms with van der Waals surface area (Å²) in [5, 5.41) is 0.609. The topological polar surface area (TPSA) is 54.5 Å². The van der Waals surface area contributed by atoms with Crippen molar-refractivity contribution in [2.75, 3.05) is 28.7 Å². The van der Waals surface area contributed by atoms with Gasteiger partial charge in [0.15, 0.2) is 9.84 Å². The molecule has 7 heteroatoms. The lowest BCUT2D eigenvalue weighted by atomic mass is 10.0. The fourth-order valence-corrected chi connectivity index (χ4v) is 5.84. The van der Waals surface area contributed by atoms with Gasteiger partial charge in [0.1, 0.15) is 0 Å². The molecule has 1 unspecified atom stereocenters. The minimum Gasteiger partial charge on any atom is -0.310 e. The number of hydrogen-bond donors (Lipinski definition) is 0. The predicted octanol–water partition coefficient (Wildman–Crippen LogP) is 2.60. The van der Waals surface area contributed by atoms with Gasteiger partial charge in [0, 0.05) is 28.6 Å². The molecular weight excluding hydrogens is 330 g/mol. The molecule has 1 amide bonds. The van der Waals surface area contributed by atoms with E-state index in [-0.39, 0.29) is 23.3 Å². The van der Waals surface area contributed by atoms with Gasteiger partial charge in [-0.2, -0.15) is 0 Å². The SMILES string of the molecule is O=C(CC1CCS(=O)(=O)C1)N1CCSc2ccc(Cl)cc21. The number of sulfone groups is 1. The fourth-order valence-electron chi connectivity index (χ4n) is 2.84. The molecule has 2 aliphatic heterocycles. The van der Waals surface area contributed by atoms with Crippen LogP contribution in [0.25, 0.3) is 0 Å². The van der Waals surface area contributed by atoms with E-state index in [9.17, 15) is 13.2 Å². The molecule has 2 heterocycles. The van der Waals surface area contributed by atoms with Crippen molar-refractivity contribution in [3.63, 3.8) is 0 Å². The molecule has 3 rings (SSSR count). The third-order valence-corrected chi connectivity index (χ3v) is 6.99. The minimum atomic E-state index is -2.94. The van der Waals surface area contributed by atoms with E-state index in [1.54, 1.807) is 16.7 Å². The van der Waals surface area contributed by atoms with Crippen molar-refractivity contribution in [3.8, 4) is 0 Å². The van der Waals surface area contributed by atoms with Gasteiger partial charge in [0.2, 0.25) is 5.91 Å². The number of carbonyl (C=O) groups excluding carboxylic acids is 1. The van der Waals surface area contributed by atoms with Crippen molar-refractivity contribution in [3.05, 3.63) is 23.2 Å². The van der Waals surface area contributed by atoms with E-state index in [1.165, 1.54) is 0 Å². The van der Waals surface area contributed by atoms with Gasteiger partial charge >= 0.3 is 0 Å². The van der Waals surface area contributed by atoms with E-state index in [1.807, 2.05) is 18.2 Å². The van der Waals surface area contributed by atoms with Gasteiger partial charge in [-0.3, -0.25) is 4.79 Å². The second-order valence-electron chi connectivity index (χ2n) is 5.48. The van der Waals surface area contributed by atoms with Crippen LogP contribution in [0, 0.1) is 5.92 Å². The number of nitrogens with zero attached hydrogens (tertiary/aromatic N) is 1. The summed E-state index contributed by atoms with van der Waals surface area (Å²) >= 11 is 7.74. The highest BCUT2D eigenvalue weighted by atomic mass is 35.5. The zero-order valence-electron chi connectivity index (χ0n) is 11.4. The molecular formula is C14H16ClNO3S2. The Morgan fingerprint density at radius 1 is 1.43 bits per heavy atom. The molecule has 1 atom stereocenters. The Bertz CT molecular complexity index is 675. The Labute approximate surface area is 133 Å². The van der Waals surface area contributed by atoms with Crippen LogP contribution in [0.2, 0.25) is 5.02 Å². The van der Waals surface area contributed by atoms with Crippen molar-refractivity contribution in [1.29, 1.82) is 0 Å². The number of benzene rings is 1. The van der Waals surface area contributed by atoms with Gasteiger partial charge < -0.3 is 4.90 Å². The molecule has 0 radical (unpaired) electrons. The third kappa shape index (κ3) is 3.38. The normalized spacial score (nSPS) is 23.9. The number of anilines is 1. The molecule has 0 spiro atoms. The van der Waals surface area contributed by atoms with Crippen LogP contribution in [0.4, 0.5) is 5.69 Å². The Hall–Kier alpha value is -0.720. The highest BCUT2D eigenvalue weighted by Gasteiger charge is 2.32. The summed E-state index contributed by atoms with van der Waals surface area (Å²) in [7, 11) is -2.94. The number of hydrogen-bond acceptors (Lipinski definition) is 4. The first kappa shape index (κ1) is 15.2. The van der Waals surface area contributed by atoms with Gasteiger partial charge in [-0.25, -0.2) is 8.42 Å². The average molecular weight is 346 g/mol. The smallest absolute Gasteiger partial charge is 0.227 e. The molecule has 1 saturated heterocycles. The highest BCUT2D eigenvalue weighted by Crippen LogP contribution is 2.37. The molecule has 1 aromatic carbocycles. The van der Waals surface area contributed by atoms with Crippen LogP contribution in [0.15, 0.2) is 23.1 Å². The Kier molecular flexibility index (Phi) is 4.21. The summed E-state index contributed by atoms with van der Waals surface area (Å²) in [6.07, 6.45) is 0.898. The Morgan fingerprint density at radius 2 is 2.24 bits per heavy atom. The largest absolute Gasteiger partial charge is 0.310 e. The van der Waals surface area contributed by atoms with Gasteiger partial charge in [0.25, 0.3) is 0 Å². The van der Waals surface area contributed by atoms with E-state index in [4.69, 9.17) is 11.6 Å². The van der Waals surface area contributed by atoms with Crippen molar-refractivity contribution in [2.45, 2.75) is 17.7 Å². The maximum Gasteiger partial charge on any atom is 0.227 e. The van der Waals surface area contributed by atoms with Crippen LogP contribution in [0.1, 0.15) is 12.8 Å². The Morgan fingerprint density at radius 3 is 2.95 bits per heavy atom. The number of rotatable bonds is 2. The molecule has 114 valence electrons. The van der Waals surface area contributed by atoms with Crippen LogP contribution in [-0.2, 0) is 14.6 Å². The lowest BCUT2D eigenvalue weighted by Gasteiger charge is -2.30. The first-order valence-electron chi connectivity index (χ1n) is 6.88. The average Bonchev–Trinajstić information content (AvgIpc) is 2.77. The number of fused-ring (bicyclic) bond motifs is 1. The standard InChI is InChI=1S/C14H16ClNO3S2/c15-11-1-2-13-12(8-11)16(4-5-20-13)14(17)7-10-3-6-21(18,19)9-10/h1-2,8,10H,3-7,9H2. The van der Waals surface area contributed by atoms with Crippen molar-refractivity contribution in [2.24, 2.45) is 5.92 Å². The summed E-state index contributed by atoms with van der Waals surface area (Å²) in [6, 6.07) is 5.57. The van der Waals surface area contributed by atoms with E-state index >= 15 is 0 Å². The van der Waals surface area contributed by atoms with Crippen molar-refractivity contribution < 1.29 is 13.2 Å². The number of carbonyl (C=O) groups is 1. The second kappa shape index (κ2) is 5.82. The summed E-state index contributed by atoms with van der Waals surface area (Å²) in [5.41, 5.74) is 0.851. The van der Waals surface area contributed by atoms with Gasteiger partial charge in [-0.05, 0) is 30.5 Å². The quantitative estimate of drug-likeness (QED) is 0.826. The monoisotopic (exact) mass is 345 g/mol. The predicted molar refractivity (Wildman–Crippen MR) is 85.9 cm³/mol. The minimum absolute atomic E-state index is 0.000849. The molecule has 0 aliphatic carbocycles. The summed E-state index contributed by atoms with van der Waals surface area (Å²) in [6.45, 7) is 0.649. The van der Waals surface area contributed by atoms with E-state index in [0.717, 1.165) is 16.3 Å². The zero-order chi connectivity index (χ0) is 15.0. The molecule has 0 saturated carbocycles. The van der Waals surface area contributed by atoms with E-state index in [2.05, 4.69) is 0 Å². The Balaban J connectivity index is 1.76. The molecule has 0 aromatic heterocycles. The number of amides is 1. The lowest BCUT2D eigenvalue weighted by Crippen LogP contribution is -2.36. The third-order valence-electron chi connectivity index (χ3n) is 3.88. The van der Waals surface area contributed by atoms with Gasteiger partial charge in [0.05, 0.1) is 17.2 Å². The first-order chi connectivity index (χ1) is 9.94. The molecule has 2 aliphatic rings. The summed E-state index contributed by atoms with van der Waals surface area (Å²) in [4.78, 5) is 15.3. The molecule has 1 fully saturated rings. The zero-order valence-corrected chi connectivity index (χ0v) is 13.8. The van der Waals surface area contributed by atoms with Crippen LogP contribution >= 0.6 is 23.4 Å². The van der Waals surface area contributed by atoms with Crippen LogP contribution in [0.5, 0.6) is 0 Å². The van der Waals surface area contributed by atoms with Gasteiger partial charge in [-0.15, -0.1) is 11.8 Å². The summed E-state index contributed by atoms with van der Waals surface area (Å²) < 4.78 is 23.0. The van der Waals surface area contributed by atoms with Crippen molar-refractivity contribution >= 4 is 44.8 Å². The molecule has 21 heavy (non-hydrogen) atoms. The van der Waals surface area contributed by atoms with Crippen molar-refractivity contribution in [1.82, 2.24) is 0 Å². The highest BCUT2D eigenvalue weighted by molar-refractivity contribution is 7.99. The maximum atomic E-state index is 12.5. The first-order valence-corrected chi connectivity index (χ1v) is 10.1. The fraction of sp³-hybridized carbons (Fsp3) is 0.500. The molecule has 0 N–H and O–H groups in total. The second-order valence-corrected chi connectivity index (χ2v) is 9.28. The molecule has 4 nitrogen and oxygen atoms in total. The van der Waals surface area contributed by atoms with Gasteiger partial charge in [-0.1, -0.05) is 11.6 Å². The number of thioether (sulfide) groups is 1. The molecule has 1 aromatic rings. The molecule has 0 bridgehead atoms.